The van der Waals surface area contributed by atoms with Crippen LogP contribution >= 0.6 is 0 Å². The number of rotatable bonds is 8. The predicted molar refractivity (Wildman–Crippen MR) is 128 cm³/mol. The van der Waals surface area contributed by atoms with Crippen molar-refractivity contribution in [2.45, 2.75) is 25.0 Å². The zero-order valence-corrected chi connectivity index (χ0v) is 19.2. The first kappa shape index (κ1) is 23.9. The average Bonchev–Trinajstić information content (AvgIpc) is 3.19. The highest BCUT2D eigenvalue weighted by Crippen LogP contribution is 2.44. The van der Waals surface area contributed by atoms with Gasteiger partial charge in [-0.1, -0.05) is 48.5 Å². The molecule has 2 aromatic carbocycles. The first-order valence-corrected chi connectivity index (χ1v) is 11.0. The quantitative estimate of drug-likeness (QED) is 0.454. The van der Waals surface area contributed by atoms with Crippen molar-refractivity contribution in [2.24, 2.45) is 0 Å². The van der Waals surface area contributed by atoms with Gasteiger partial charge >= 0.3 is 12.1 Å². The van der Waals surface area contributed by atoms with E-state index in [1.54, 1.807) is 6.92 Å². The largest absolute Gasteiger partial charge is 0.478 e. The molecule has 0 spiro atoms. The lowest BCUT2D eigenvalue weighted by Crippen LogP contribution is -2.51. The fourth-order valence-corrected chi connectivity index (χ4v) is 4.14. The highest BCUT2D eigenvalue weighted by molar-refractivity contribution is 5.98. The van der Waals surface area contributed by atoms with Gasteiger partial charge in [-0.25, -0.2) is 9.59 Å². The zero-order valence-electron chi connectivity index (χ0n) is 19.2. The molecule has 0 radical (unpaired) electrons. The van der Waals surface area contributed by atoms with Crippen LogP contribution in [0.25, 0.3) is 11.1 Å². The smallest absolute Gasteiger partial charge is 0.407 e. The number of aromatic carboxylic acids is 1. The van der Waals surface area contributed by atoms with E-state index in [1.165, 1.54) is 25.6 Å². The number of pyridine rings is 1. The molecule has 0 bridgehead atoms. The van der Waals surface area contributed by atoms with Crippen LogP contribution in [0.3, 0.4) is 0 Å². The average molecular weight is 476 g/mol. The minimum absolute atomic E-state index is 0.0800. The number of alkyl carbamates (subject to hydrolysis) is 1. The highest BCUT2D eigenvalue weighted by atomic mass is 16.5. The van der Waals surface area contributed by atoms with Gasteiger partial charge < -0.3 is 25.2 Å². The van der Waals surface area contributed by atoms with Crippen molar-refractivity contribution in [3.8, 4) is 11.1 Å². The normalized spacial score (nSPS) is 13.8. The summed E-state index contributed by atoms with van der Waals surface area (Å²) in [5.41, 5.74) is 4.47. The fourth-order valence-electron chi connectivity index (χ4n) is 4.14. The third-order valence-electron chi connectivity index (χ3n) is 5.99. The number of anilines is 1. The van der Waals surface area contributed by atoms with Crippen molar-refractivity contribution in [3.05, 3.63) is 83.7 Å². The summed E-state index contributed by atoms with van der Waals surface area (Å²) in [7, 11) is 1.41. The Morgan fingerprint density at radius 1 is 1.03 bits per heavy atom. The Balaban J connectivity index is 1.44. The molecule has 180 valence electrons. The molecule has 1 aliphatic carbocycles. The van der Waals surface area contributed by atoms with Gasteiger partial charge in [-0.2, -0.15) is 0 Å². The Morgan fingerprint density at radius 3 is 2.26 bits per heavy atom. The van der Waals surface area contributed by atoms with Crippen LogP contribution in [-0.2, 0) is 14.3 Å². The molecule has 0 aliphatic heterocycles. The molecule has 2 unspecified atom stereocenters. The van der Waals surface area contributed by atoms with Crippen LogP contribution < -0.4 is 10.6 Å². The lowest BCUT2D eigenvalue weighted by Gasteiger charge is -2.23. The van der Waals surface area contributed by atoms with E-state index in [0.29, 0.717) is 0 Å². The second kappa shape index (κ2) is 10.4. The van der Waals surface area contributed by atoms with Crippen molar-refractivity contribution in [1.29, 1.82) is 0 Å². The van der Waals surface area contributed by atoms with Crippen LogP contribution in [0.4, 0.5) is 10.5 Å². The van der Waals surface area contributed by atoms with E-state index in [9.17, 15) is 14.4 Å². The Bertz CT molecular complexity index is 1220. The summed E-state index contributed by atoms with van der Waals surface area (Å²) in [6.07, 6.45) is 1.02. The molecular formula is C26H25N3O6. The Morgan fingerprint density at radius 2 is 1.66 bits per heavy atom. The van der Waals surface area contributed by atoms with Gasteiger partial charge in [0.15, 0.2) is 0 Å². The number of nitrogens with one attached hydrogen (secondary N) is 2. The summed E-state index contributed by atoms with van der Waals surface area (Å²) in [5.74, 6) is -1.89. The van der Waals surface area contributed by atoms with E-state index in [2.05, 4.69) is 15.6 Å². The van der Waals surface area contributed by atoms with Crippen molar-refractivity contribution < 1.29 is 29.0 Å². The number of ether oxygens (including phenoxy) is 2. The van der Waals surface area contributed by atoms with E-state index in [1.807, 2.05) is 48.5 Å². The number of amides is 2. The summed E-state index contributed by atoms with van der Waals surface area (Å²) < 4.78 is 10.8. The van der Waals surface area contributed by atoms with Crippen LogP contribution in [-0.4, -0.2) is 53.9 Å². The van der Waals surface area contributed by atoms with Gasteiger partial charge in [0.05, 0.1) is 23.6 Å². The molecule has 2 atom stereocenters. The van der Waals surface area contributed by atoms with Gasteiger partial charge in [-0.05, 0) is 35.2 Å². The summed E-state index contributed by atoms with van der Waals surface area (Å²) in [5, 5.41) is 14.3. The van der Waals surface area contributed by atoms with Crippen molar-refractivity contribution in [1.82, 2.24) is 10.3 Å². The van der Waals surface area contributed by atoms with E-state index >= 15 is 0 Å². The second-order valence-electron chi connectivity index (χ2n) is 8.15. The van der Waals surface area contributed by atoms with E-state index in [4.69, 9.17) is 14.6 Å². The number of hydrogen-bond donors (Lipinski definition) is 3. The molecule has 3 aromatic rings. The lowest BCUT2D eigenvalue weighted by atomic mass is 9.98. The maximum atomic E-state index is 12.9. The standard InChI is InChI=1S/C26H25N3O6/c1-15(34-2)23(24(30)28-17-11-16(25(31)32)12-27-13-17)29-26(33)35-14-22-20-9-5-3-7-18(20)19-8-4-6-10-21(19)22/h3-13,15,22-23H,14H2,1-2H3,(H,28,30)(H,29,33)(H,31,32). The SMILES string of the molecule is COC(C)C(NC(=O)OCC1c2ccccc2-c2ccccc21)C(=O)Nc1cncc(C(=O)O)c1. The van der Waals surface area contributed by atoms with Gasteiger partial charge in [0.2, 0.25) is 5.91 Å². The van der Waals surface area contributed by atoms with Crippen molar-refractivity contribution >= 4 is 23.7 Å². The number of hydrogen-bond acceptors (Lipinski definition) is 6. The van der Waals surface area contributed by atoms with Crippen LogP contribution in [0, 0.1) is 0 Å². The van der Waals surface area contributed by atoms with Crippen LogP contribution in [0.5, 0.6) is 0 Å². The number of carboxylic acid groups (broad SMARTS) is 1. The molecular weight excluding hydrogens is 450 g/mol. The van der Waals surface area contributed by atoms with Crippen molar-refractivity contribution in [2.75, 3.05) is 19.0 Å². The van der Waals surface area contributed by atoms with Gasteiger partial charge in [0, 0.05) is 19.2 Å². The molecule has 9 heteroatoms. The minimum atomic E-state index is -1.17. The number of carbonyl (C=O) groups is 3. The Labute approximate surface area is 202 Å². The monoisotopic (exact) mass is 475 g/mol. The molecule has 3 N–H and O–H groups in total. The maximum Gasteiger partial charge on any atom is 0.407 e. The molecule has 35 heavy (non-hydrogen) atoms. The van der Waals surface area contributed by atoms with Crippen LogP contribution in [0.2, 0.25) is 0 Å². The zero-order chi connectivity index (χ0) is 24.9. The van der Waals surface area contributed by atoms with Gasteiger partial charge in [0.25, 0.3) is 0 Å². The number of carbonyl (C=O) groups excluding carboxylic acids is 2. The Hall–Kier alpha value is -4.24. The number of carboxylic acids is 1. The molecule has 2 amide bonds. The van der Waals surface area contributed by atoms with Gasteiger partial charge in [-0.3, -0.25) is 9.78 Å². The lowest BCUT2D eigenvalue weighted by molar-refractivity contribution is -0.121. The molecule has 1 aromatic heterocycles. The number of aromatic nitrogens is 1. The summed E-state index contributed by atoms with van der Waals surface area (Å²) >= 11 is 0. The predicted octanol–water partition coefficient (Wildman–Crippen LogP) is 3.66. The summed E-state index contributed by atoms with van der Waals surface area (Å²) in [6.45, 7) is 1.72. The first-order valence-electron chi connectivity index (χ1n) is 11.0. The number of benzene rings is 2. The van der Waals surface area contributed by atoms with Gasteiger partial charge in [-0.15, -0.1) is 0 Å². The fraction of sp³-hybridized carbons (Fsp3) is 0.231. The molecule has 0 fully saturated rings. The second-order valence-corrected chi connectivity index (χ2v) is 8.15. The topological polar surface area (TPSA) is 127 Å². The highest BCUT2D eigenvalue weighted by Gasteiger charge is 2.31. The first-order chi connectivity index (χ1) is 16.9. The van der Waals surface area contributed by atoms with Gasteiger partial charge in [0.1, 0.15) is 12.6 Å². The molecule has 1 aliphatic rings. The summed E-state index contributed by atoms with van der Waals surface area (Å²) in [6, 6.07) is 16.2. The van der Waals surface area contributed by atoms with Crippen LogP contribution in [0.15, 0.2) is 67.0 Å². The third kappa shape index (κ3) is 5.15. The minimum Gasteiger partial charge on any atom is -0.478 e. The maximum absolute atomic E-state index is 12.9. The van der Waals surface area contributed by atoms with E-state index < -0.39 is 30.1 Å². The van der Waals surface area contributed by atoms with E-state index in [-0.39, 0.29) is 23.8 Å². The number of methoxy groups -OCH3 is 1. The van der Waals surface area contributed by atoms with Crippen molar-refractivity contribution in [3.63, 3.8) is 0 Å². The summed E-state index contributed by atoms with van der Waals surface area (Å²) in [4.78, 5) is 40.6. The molecule has 0 saturated carbocycles. The number of fused-ring (bicyclic) bond motifs is 3. The Kier molecular flexibility index (Phi) is 7.07. The molecule has 9 nitrogen and oxygen atoms in total. The molecule has 1 heterocycles. The molecule has 0 saturated heterocycles. The number of nitrogens with zero attached hydrogens (tertiary/aromatic N) is 1. The van der Waals surface area contributed by atoms with E-state index in [0.717, 1.165) is 22.3 Å². The van der Waals surface area contributed by atoms with Crippen LogP contribution in [0.1, 0.15) is 34.3 Å². The third-order valence-corrected chi connectivity index (χ3v) is 5.99. The molecule has 4 rings (SSSR count).